The van der Waals surface area contributed by atoms with E-state index in [0.29, 0.717) is 0 Å². The molecule has 48 valence electrons. The summed E-state index contributed by atoms with van der Waals surface area (Å²) in [4.78, 5) is 0. The second-order valence-corrected chi connectivity index (χ2v) is 2.68. The molecule has 2 unspecified atom stereocenters. The van der Waals surface area contributed by atoms with Gasteiger partial charge in [0.1, 0.15) is 0 Å². The molecule has 0 radical (unpaired) electrons. The fourth-order valence-corrected chi connectivity index (χ4v) is 1.29. The van der Waals surface area contributed by atoms with Crippen molar-refractivity contribution in [3.05, 3.63) is 0 Å². The summed E-state index contributed by atoms with van der Waals surface area (Å²) in [6.07, 6.45) is 4.19. The highest BCUT2D eigenvalue weighted by Gasteiger charge is 2.33. The maximum atomic E-state index is 3.27. The number of hydrogen-bond donors (Lipinski definition) is 1. The van der Waals surface area contributed by atoms with Gasteiger partial charge >= 0.3 is 0 Å². The van der Waals surface area contributed by atoms with Crippen LogP contribution in [0, 0.1) is 5.92 Å². The highest BCUT2D eigenvalue weighted by atomic mass is 14.9. The SMILES string of the molecule is CCCC1CC1NC. The molecular weight excluding hydrogens is 98.1 g/mol. The molecule has 0 aromatic carbocycles. The van der Waals surface area contributed by atoms with E-state index in [1.165, 1.54) is 19.3 Å². The van der Waals surface area contributed by atoms with Crippen molar-refractivity contribution in [2.75, 3.05) is 7.05 Å². The first-order chi connectivity index (χ1) is 3.88. The second kappa shape index (κ2) is 2.49. The van der Waals surface area contributed by atoms with Gasteiger partial charge in [-0.1, -0.05) is 13.3 Å². The number of rotatable bonds is 3. The minimum atomic E-state index is 0.870. The van der Waals surface area contributed by atoms with Crippen molar-refractivity contribution in [3.63, 3.8) is 0 Å². The molecule has 1 heteroatoms. The molecular formula is C7H15N. The molecule has 1 fully saturated rings. The molecule has 1 rings (SSSR count). The van der Waals surface area contributed by atoms with E-state index in [9.17, 15) is 0 Å². The Morgan fingerprint density at radius 3 is 2.75 bits per heavy atom. The van der Waals surface area contributed by atoms with E-state index in [2.05, 4.69) is 19.3 Å². The van der Waals surface area contributed by atoms with Gasteiger partial charge in [0.05, 0.1) is 0 Å². The van der Waals surface area contributed by atoms with Gasteiger partial charge in [-0.25, -0.2) is 0 Å². The van der Waals surface area contributed by atoms with E-state index in [1.54, 1.807) is 0 Å². The smallest absolute Gasteiger partial charge is 0.00961 e. The molecule has 0 aromatic rings. The molecule has 1 N–H and O–H groups in total. The summed E-state index contributed by atoms with van der Waals surface area (Å²) in [7, 11) is 2.06. The zero-order valence-electron chi connectivity index (χ0n) is 5.78. The Labute approximate surface area is 51.5 Å². The van der Waals surface area contributed by atoms with Crippen molar-refractivity contribution in [2.45, 2.75) is 32.2 Å². The maximum Gasteiger partial charge on any atom is 0.00961 e. The van der Waals surface area contributed by atoms with Gasteiger partial charge in [0.2, 0.25) is 0 Å². The first-order valence-electron chi connectivity index (χ1n) is 3.55. The summed E-state index contributed by atoms with van der Waals surface area (Å²) in [6.45, 7) is 2.26. The molecule has 8 heavy (non-hydrogen) atoms. The van der Waals surface area contributed by atoms with Crippen molar-refractivity contribution in [1.29, 1.82) is 0 Å². The van der Waals surface area contributed by atoms with Crippen molar-refractivity contribution in [2.24, 2.45) is 5.92 Å². The van der Waals surface area contributed by atoms with Gasteiger partial charge in [-0.2, -0.15) is 0 Å². The van der Waals surface area contributed by atoms with Crippen LogP contribution >= 0.6 is 0 Å². The summed E-state index contributed by atoms with van der Waals surface area (Å²) in [5.41, 5.74) is 0. The largest absolute Gasteiger partial charge is 0.317 e. The van der Waals surface area contributed by atoms with Crippen LogP contribution < -0.4 is 5.32 Å². The second-order valence-electron chi connectivity index (χ2n) is 2.68. The van der Waals surface area contributed by atoms with Crippen LogP contribution in [0.25, 0.3) is 0 Å². The van der Waals surface area contributed by atoms with Gasteiger partial charge in [0, 0.05) is 6.04 Å². The molecule has 0 spiro atoms. The molecule has 0 saturated heterocycles. The van der Waals surface area contributed by atoms with Crippen molar-refractivity contribution < 1.29 is 0 Å². The van der Waals surface area contributed by atoms with Gasteiger partial charge < -0.3 is 5.32 Å². The molecule has 0 aliphatic heterocycles. The third-order valence-electron chi connectivity index (χ3n) is 1.95. The zero-order valence-corrected chi connectivity index (χ0v) is 5.78. The fourth-order valence-electron chi connectivity index (χ4n) is 1.29. The fraction of sp³-hybridized carbons (Fsp3) is 1.00. The van der Waals surface area contributed by atoms with E-state index < -0.39 is 0 Å². The van der Waals surface area contributed by atoms with E-state index >= 15 is 0 Å². The Morgan fingerprint density at radius 2 is 2.38 bits per heavy atom. The third kappa shape index (κ3) is 1.22. The summed E-state index contributed by atoms with van der Waals surface area (Å²) >= 11 is 0. The van der Waals surface area contributed by atoms with Crippen molar-refractivity contribution >= 4 is 0 Å². The van der Waals surface area contributed by atoms with Crippen molar-refractivity contribution in [1.82, 2.24) is 5.32 Å². The molecule has 0 amide bonds. The van der Waals surface area contributed by atoms with Crippen LogP contribution in [0.15, 0.2) is 0 Å². The summed E-state index contributed by atoms with van der Waals surface area (Å²) < 4.78 is 0. The molecule has 1 nitrogen and oxygen atoms in total. The summed E-state index contributed by atoms with van der Waals surface area (Å²) in [5, 5.41) is 3.27. The van der Waals surface area contributed by atoms with E-state index in [0.717, 1.165) is 12.0 Å². The van der Waals surface area contributed by atoms with Gasteiger partial charge in [-0.15, -0.1) is 0 Å². The molecule has 2 atom stereocenters. The lowest BCUT2D eigenvalue weighted by atomic mass is 10.2. The normalized spacial score (nSPS) is 35.2. The Hall–Kier alpha value is -0.0400. The first-order valence-corrected chi connectivity index (χ1v) is 3.55. The molecule has 0 bridgehead atoms. The van der Waals surface area contributed by atoms with Gasteiger partial charge in [-0.3, -0.25) is 0 Å². The van der Waals surface area contributed by atoms with Crippen LogP contribution in [0.1, 0.15) is 26.2 Å². The van der Waals surface area contributed by atoms with Crippen LogP contribution in [0.5, 0.6) is 0 Å². The van der Waals surface area contributed by atoms with Crippen LogP contribution in [-0.4, -0.2) is 13.1 Å². The van der Waals surface area contributed by atoms with Crippen LogP contribution in [0.3, 0.4) is 0 Å². The van der Waals surface area contributed by atoms with Gasteiger partial charge in [0.25, 0.3) is 0 Å². The monoisotopic (exact) mass is 113 g/mol. The Morgan fingerprint density at radius 1 is 1.62 bits per heavy atom. The predicted molar refractivity (Wildman–Crippen MR) is 35.9 cm³/mol. The molecule has 1 aliphatic rings. The molecule has 0 heterocycles. The van der Waals surface area contributed by atoms with Crippen molar-refractivity contribution in [3.8, 4) is 0 Å². The first kappa shape index (κ1) is 6.09. The molecule has 0 aromatic heterocycles. The summed E-state index contributed by atoms with van der Waals surface area (Å²) in [5.74, 6) is 1.02. The lowest BCUT2D eigenvalue weighted by molar-refractivity contribution is 0.642. The van der Waals surface area contributed by atoms with Crippen LogP contribution in [0.4, 0.5) is 0 Å². The zero-order chi connectivity index (χ0) is 5.98. The molecule has 1 saturated carbocycles. The number of hydrogen-bond acceptors (Lipinski definition) is 1. The quantitative estimate of drug-likeness (QED) is 0.583. The van der Waals surface area contributed by atoms with E-state index in [-0.39, 0.29) is 0 Å². The van der Waals surface area contributed by atoms with Gasteiger partial charge in [0.15, 0.2) is 0 Å². The average molecular weight is 113 g/mol. The minimum absolute atomic E-state index is 0.870. The van der Waals surface area contributed by atoms with E-state index in [4.69, 9.17) is 0 Å². The minimum Gasteiger partial charge on any atom is -0.317 e. The third-order valence-corrected chi connectivity index (χ3v) is 1.95. The van der Waals surface area contributed by atoms with Crippen LogP contribution in [-0.2, 0) is 0 Å². The highest BCUT2D eigenvalue weighted by Crippen LogP contribution is 2.33. The number of nitrogens with one attached hydrogen (secondary N) is 1. The van der Waals surface area contributed by atoms with Crippen LogP contribution in [0.2, 0.25) is 0 Å². The Balaban J connectivity index is 1.99. The summed E-state index contributed by atoms with van der Waals surface area (Å²) in [6, 6.07) is 0.870. The van der Waals surface area contributed by atoms with E-state index in [1.807, 2.05) is 0 Å². The lowest BCUT2D eigenvalue weighted by Crippen LogP contribution is -2.10. The Bertz CT molecular complexity index is 70.8. The maximum absolute atomic E-state index is 3.27. The standard InChI is InChI=1S/C7H15N/c1-3-4-6-5-7(6)8-2/h6-8H,3-5H2,1-2H3. The topological polar surface area (TPSA) is 12.0 Å². The Kier molecular flexibility index (Phi) is 1.90. The molecule has 1 aliphatic carbocycles. The highest BCUT2D eigenvalue weighted by molar-refractivity contribution is 4.91. The van der Waals surface area contributed by atoms with Gasteiger partial charge in [-0.05, 0) is 25.8 Å². The lowest BCUT2D eigenvalue weighted by Gasteiger charge is -1.92. The average Bonchev–Trinajstić information content (AvgIpc) is 2.48. The predicted octanol–water partition coefficient (Wildman–Crippen LogP) is 1.39.